The van der Waals surface area contributed by atoms with Crippen molar-refractivity contribution in [3.63, 3.8) is 0 Å². The van der Waals surface area contributed by atoms with Crippen LogP contribution in [0.25, 0.3) is 11.3 Å². The maximum absolute atomic E-state index is 14.8. The van der Waals surface area contributed by atoms with E-state index >= 15 is 0 Å². The monoisotopic (exact) mass is 558 g/mol. The molecule has 2 aliphatic rings. The number of amides is 1. The molecule has 0 aliphatic carbocycles. The highest BCUT2D eigenvalue weighted by atomic mass is 35.5. The molecular formula is C30H25ClF2N6O. The molecule has 4 aromatic rings. The molecule has 1 N–H and O–H groups in total. The van der Waals surface area contributed by atoms with E-state index in [0.29, 0.717) is 50.6 Å². The quantitative estimate of drug-likeness (QED) is 0.347. The van der Waals surface area contributed by atoms with Crippen molar-refractivity contribution in [2.75, 3.05) is 32.5 Å². The van der Waals surface area contributed by atoms with Gasteiger partial charge >= 0.3 is 0 Å². The summed E-state index contributed by atoms with van der Waals surface area (Å²) in [6.45, 7) is 1.57. The van der Waals surface area contributed by atoms with Crippen LogP contribution in [0.3, 0.4) is 0 Å². The van der Waals surface area contributed by atoms with Crippen LogP contribution >= 0.6 is 11.6 Å². The third kappa shape index (κ3) is 4.82. The number of aromatic nitrogens is 2. The molecular weight excluding hydrogens is 534 g/mol. The van der Waals surface area contributed by atoms with Gasteiger partial charge < -0.3 is 15.1 Å². The van der Waals surface area contributed by atoms with E-state index in [-0.39, 0.29) is 23.7 Å². The molecule has 7 nitrogen and oxygen atoms in total. The first-order valence-corrected chi connectivity index (χ1v) is 13.1. The zero-order valence-corrected chi connectivity index (χ0v) is 22.6. The first-order chi connectivity index (χ1) is 19.3. The number of nitrogens with one attached hydrogen (secondary N) is 1. The topological polar surface area (TPSA) is 73.7 Å². The van der Waals surface area contributed by atoms with Gasteiger partial charge in [0, 0.05) is 58.3 Å². The number of fused-ring (bicyclic) bond motifs is 3. The highest BCUT2D eigenvalue weighted by Gasteiger charge is 2.32. The molecule has 10 heteroatoms. The third-order valence-electron chi connectivity index (χ3n) is 7.23. The van der Waals surface area contributed by atoms with E-state index in [1.54, 1.807) is 48.7 Å². The van der Waals surface area contributed by atoms with Crippen molar-refractivity contribution in [1.29, 1.82) is 0 Å². The number of benzene rings is 3. The second-order valence-corrected chi connectivity index (χ2v) is 10.5. The number of halogens is 3. The first-order valence-electron chi connectivity index (χ1n) is 12.8. The van der Waals surface area contributed by atoms with Crippen molar-refractivity contribution in [1.82, 2.24) is 19.8 Å². The molecule has 202 valence electrons. The minimum atomic E-state index is -0.711. The summed E-state index contributed by atoms with van der Waals surface area (Å²) in [6.07, 6.45) is 1.65. The fourth-order valence-electron chi connectivity index (χ4n) is 4.88. The van der Waals surface area contributed by atoms with E-state index in [2.05, 4.69) is 20.2 Å². The minimum Gasteiger partial charge on any atom is -0.335 e. The smallest absolute Gasteiger partial charge is 0.253 e. The maximum atomic E-state index is 14.8. The number of hydrogen-bond donors (Lipinski definition) is 1. The lowest BCUT2D eigenvalue weighted by Crippen LogP contribution is -2.59. The Bertz CT molecular complexity index is 1630. The Morgan fingerprint density at radius 1 is 1.02 bits per heavy atom. The molecule has 1 amide bonds. The van der Waals surface area contributed by atoms with Gasteiger partial charge in [0.25, 0.3) is 5.91 Å². The summed E-state index contributed by atoms with van der Waals surface area (Å²) in [5.74, 6) is -1.09. The Morgan fingerprint density at radius 2 is 1.75 bits per heavy atom. The van der Waals surface area contributed by atoms with Crippen molar-refractivity contribution in [2.24, 2.45) is 4.99 Å². The van der Waals surface area contributed by atoms with Crippen LogP contribution in [0.2, 0.25) is 5.02 Å². The second-order valence-electron chi connectivity index (χ2n) is 10.0. The number of anilines is 2. The predicted octanol–water partition coefficient (Wildman–Crippen LogP) is 5.56. The molecule has 2 aliphatic heterocycles. The number of aliphatic imine (C=N–C) groups is 1. The zero-order valence-electron chi connectivity index (χ0n) is 21.8. The summed E-state index contributed by atoms with van der Waals surface area (Å²) in [4.78, 5) is 30.5. The van der Waals surface area contributed by atoms with Crippen LogP contribution in [-0.2, 0) is 6.54 Å². The van der Waals surface area contributed by atoms with E-state index in [9.17, 15) is 13.6 Å². The van der Waals surface area contributed by atoms with Crippen molar-refractivity contribution in [2.45, 2.75) is 12.6 Å². The Kier molecular flexibility index (Phi) is 6.77. The van der Waals surface area contributed by atoms with Crippen LogP contribution in [0.5, 0.6) is 0 Å². The molecule has 1 aromatic heterocycles. The summed E-state index contributed by atoms with van der Waals surface area (Å²) < 4.78 is 29.6. The zero-order chi connectivity index (χ0) is 28.0. The van der Waals surface area contributed by atoms with E-state index in [4.69, 9.17) is 16.6 Å². The van der Waals surface area contributed by atoms with Crippen LogP contribution in [0.15, 0.2) is 71.9 Å². The van der Waals surface area contributed by atoms with Gasteiger partial charge in [-0.3, -0.25) is 9.79 Å². The lowest BCUT2D eigenvalue weighted by atomic mass is 9.95. The minimum absolute atomic E-state index is 0.00305. The van der Waals surface area contributed by atoms with E-state index in [1.807, 2.05) is 19.0 Å². The van der Waals surface area contributed by atoms with Crippen molar-refractivity contribution in [3.05, 3.63) is 106 Å². The van der Waals surface area contributed by atoms with Gasteiger partial charge in [0.05, 0.1) is 23.5 Å². The summed E-state index contributed by atoms with van der Waals surface area (Å²) in [6, 6.07) is 16.4. The van der Waals surface area contributed by atoms with Gasteiger partial charge in [-0.1, -0.05) is 23.7 Å². The largest absolute Gasteiger partial charge is 0.335 e. The molecule has 1 saturated heterocycles. The SMILES string of the molecule is CN(C)C1CN(C(=O)c2ccc(Nc3ncc4c(n3)-c3ccc(Cl)cc3C(c3c(F)cccc3F)=NC4)cc2)C1. The number of rotatable bonds is 5. The van der Waals surface area contributed by atoms with Gasteiger partial charge in [-0.2, -0.15) is 0 Å². The van der Waals surface area contributed by atoms with Crippen LogP contribution in [0.1, 0.15) is 27.0 Å². The number of hydrogen-bond acceptors (Lipinski definition) is 6. The van der Waals surface area contributed by atoms with Gasteiger partial charge in [0.2, 0.25) is 5.95 Å². The average Bonchev–Trinajstić information content (AvgIpc) is 3.04. The van der Waals surface area contributed by atoms with Gasteiger partial charge in [0.15, 0.2) is 0 Å². The van der Waals surface area contributed by atoms with Gasteiger partial charge in [-0.05, 0) is 62.6 Å². The Balaban J connectivity index is 1.28. The average molecular weight is 559 g/mol. The number of likely N-dealkylation sites (tertiary alicyclic amines) is 1. The van der Waals surface area contributed by atoms with Crippen LogP contribution < -0.4 is 5.32 Å². The summed E-state index contributed by atoms with van der Waals surface area (Å²) in [5, 5.41) is 3.59. The molecule has 6 rings (SSSR count). The fourth-order valence-corrected chi connectivity index (χ4v) is 5.05. The van der Waals surface area contributed by atoms with E-state index in [0.717, 1.165) is 13.1 Å². The Labute approximate surface area is 235 Å². The number of likely N-dealkylation sites (N-methyl/N-ethyl adjacent to an activating group) is 1. The van der Waals surface area contributed by atoms with E-state index < -0.39 is 11.6 Å². The molecule has 1 fully saturated rings. The summed E-state index contributed by atoms with van der Waals surface area (Å²) in [7, 11) is 4.03. The number of nitrogens with zero attached hydrogens (tertiary/aromatic N) is 5. The van der Waals surface area contributed by atoms with Crippen molar-refractivity contribution in [3.8, 4) is 11.3 Å². The second kappa shape index (κ2) is 10.4. The molecule has 0 spiro atoms. The highest BCUT2D eigenvalue weighted by molar-refractivity contribution is 6.31. The molecule has 0 radical (unpaired) electrons. The normalized spacial score (nSPS) is 14.7. The molecule has 0 atom stereocenters. The third-order valence-corrected chi connectivity index (χ3v) is 7.47. The molecule has 0 unspecified atom stereocenters. The van der Waals surface area contributed by atoms with Crippen LogP contribution in [0.4, 0.5) is 20.4 Å². The lowest BCUT2D eigenvalue weighted by molar-refractivity contribution is 0.0399. The van der Waals surface area contributed by atoms with Gasteiger partial charge in [-0.25, -0.2) is 18.7 Å². The van der Waals surface area contributed by atoms with Gasteiger partial charge in [0.1, 0.15) is 11.6 Å². The summed E-state index contributed by atoms with van der Waals surface area (Å²) in [5.41, 5.74) is 3.67. The maximum Gasteiger partial charge on any atom is 0.253 e. The fraction of sp³-hybridized carbons (Fsp3) is 0.200. The standard InChI is InChI=1S/C30H25ClF2N6O/c1-38(2)21-15-39(16-21)29(40)17-6-9-20(10-7-17)36-30-35-14-18-13-34-28(26-24(32)4-3-5-25(26)33)23-12-19(31)8-11-22(23)27(18)37-30/h3-12,14,21H,13,15-16H2,1-2H3,(H,35,36,37). The first kappa shape index (κ1) is 26.0. The Morgan fingerprint density at radius 3 is 2.45 bits per heavy atom. The van der Waals surface area contributed by atoms with E-state index in [1.165, 1.54) is 18.2 Å². The highest BCUT2D eigenvalue weighted by Crippen LogP contribution is 2.34. The molecule has 40 heavy (non-hydrogen) atoms. The lowest BCUT2D eigenvalue weighted by Gasteiger charge is -2.42. The molecule has 0 bridgehead atoms. The summed E-state index contributed by atoms with van der Waals surface area (Å²) >= 11 is 6.30. The van der Waals surface area contributed by atoms with Crippen molar-refractivity contribution >= 4 is 34.9 Å². The molecule has 3 heterocycles. The van der Waals surface area contributed by atoms with Crippen molar-refractivity contribution < 1.29 is 13.6 Å². The van der Waals surface area contributed by atoms with Crippen LogP contribution in [0, 0.1) is 11.6 Å². The number of carbonyl (C=O) groups is 1. The van der Waals surface area contributed by atoms with Crippen LogP contribution in [-0.4, -0.2) is 64.6 Å². The Hall–Kier alpha value is -4.21. The number of carbonyl (C=O) groups excluding carboxylic acids is 1. The molecule has 0 saturated carbocycles. The molecule has 3 aromatic carbocycles. The van der Waals surface area contributed by atoms with Gasteiger partial charge in [-0.15, -0.1) is 0 Å². The predicted molar refractivity (Wildman–Crippen MR) is 151 cm³/mol.